The Balaban J connectivity index is 2.71. The molecule has 4 heteroatoms. The van der Waals surface area contributed by atoms with Crippen molar-refractivity contribution in [1.82, 2.24) is 0 Å². The van der Waals surface area contributed by atoms with Crippen molar-refractivity contribution in [3.8, 4) is 0 Å². The number of fused-ring (bicyclic) bond motifs is 1. The second-order valence-corrected chi connectivity index (χ2v) is 5.30. The van der Waals surface area contributed by atoms with Gasteiger partial charge >= 0.3 is 0 Å². The molecule has 0 atom stereocenters. The fourth-order valence-electron chi connectivity index (χ4n) is 1.38. The topological polar surface area (TPSA) is 33.4 Å². The quantitative estimate of drug-likeness (QED) is 0.858. The average Bonchev–Trinajstić information content (AvgIpc) is 2.46. The van der Waals surface area contributed by atoms with E-state index >= 15 is 0 Å². The molecule has 0 aliphatic rings. The zero-order valence-corrected chi connectivity index (χ0v) is 10.7. The molecule has 1 heterocycles. The van der Waals surface area contributed by atoms with E-state index in [0.29, 0.717) is 16.4 Å². The average molecular weight is 290 g/mol. The summed E-state index contributed by atoms with van der Waals surface area (Å²) in [7, 11) is 0. The van der Waals surface area contributed by atoms with Gasteiger partial charge in [-0.25, -0.2) is 0 Å². The van der Waals surface area contributed by atoms with Crippen LogP contribution in [0, 0.1) is 0 Å². The van der Waals surface area contributed by atoms with Crippen molar-refractivity contribution in [2.75, 3.05) is 0 Å². The summed E-state index contributed by atoms with van der Waals surface area (Å²) >= 11 is 9.37. The molecule has 1 N–H and O–H groups in total. The molecule has 0 aliphatic heterocycles. The lowest BCUT2D eigenvalue weighted by Gasteiger charge is -2.12. The molecule has 0 amide bonds. The Morgan fingerprint density at radius 3 is 2.60 bits per heavy atom. The molecule has 0 aliphatic carbocycles. The minimum Gasteiger partial charge on any atom is -0.456 e. The molecule has 2 rings (SSSR count). The summed E-state index contributed by atoms with van der Waals surface area (Å²) in [6.07, 6.45) is 0. The highest BCUT2D eigenvalue weighted by Crippen LogP contribution is 2.33. The minimum absolute atomic E-state index is 0.512. The van der Waals surface area contributed by atoms with Gasteiger partial charge in [-0.3, -0.25) is 0 Å². The molecule has 0 unspecified atom stereocenters. The molecular weight excluding hydrogens is 279 g/mol. The van der Waals surface area contributed by atoms with Crippen LogP contribution in [0.5, 0.6) is 0 Å². The first-order chi connectivity index (χ1) is 6.88. The minimum atomic E-state index is -0.991. The van der Waals surface area contributed by atoms with Crippen molar-refractivity contribution in [2.45, 2.75) is 19.4 Å². The van der Waals surface area contributed by atoms with Gasteiger partial charge in [0.1, 0.15) is 11.4 Å². The molecule has 1 aromatic carbocycles. The van der Waals surface area contributed by atoms with Crippen LogP contribution in [-0.2, 0) is 5.60 Å². The fraction of sp³-hybridized carbons (Fsp3) is 0.273. The van der Waals surface area contributed by atoms with Crippen molar-refractivity contribution in [3.05, 3.63) is 33.5 Å². The number of furan rings is 1. The molecule has 0 bridgehead atoms. The van der Waals surface area contributed by atoms with Crippen molar-refractivity contribution >= 4 is 38.5 Å². The molecule has 15 heavy (non-hydrogen) atoms. The largest absolute Gasteiger partial charge is 0.456 e. The van der Waals surface area contributed by atoms with Gasteiger partial charge in [0, 0.05) is 9.86 Å². The van der Waals surface area contributed by atoms with Crippen LogP contribution >= 0.6 is 27.5 Å². The third-order valence-electron chi connectivity index (χ3n) is 2.14. The van der Waals surface area contributed by atoms with E-state index in [-0.39, 0.29) is 0 Å². The normalized spacial score (nSPS) is 12.3. The Bertz CT molecular complexity index is 511. The van der Waals surface area contributed by atoms with Gasteiger partial charge in [0.05, 0.1) is 5.02 Å². The smallest absolute Gasteiger partial charge is 0.153 e. The third-order valence-corrected chi connectivity index (χ3v) is 2.88. The number of aliphatic hydroxyl groups is 1. The van der Waals surface area contributed by atoms with E-state index in [9.17, 15) is 5.11 Å². The van der Waals surface area contributed by atoms with E-state index in [2.05, 4.69) is 15.9 Å². The molecule has 0 fully saturated rings. The van der Waals surface area contributed by atoms with Gasteiger partial charge in [-0.1, -0.05) is 27.5 Å². The molecule has 0 saturated heterocycles. The van der Waals surface area contributed by atoms with Crippen LogP contribution < -0.4 is 0 Å². The first kappa shape index (κ1) is 11.0. The second-order valence-electron chi connectivity index (χ2n) is 3.98. The fourth-order valence-corrected chi connectivity index (χ4v) is 2.25. The maximum absolute atomic E-state index is 9.80. The van der Waals surface area contributed by atoms with E-state index in [1.54, 1.807) is 26.0 Å². The summed E-state index contributed by atoms with van der Waals surface area (Å²) in [5, 5.41) is 11.2. The molecule has 0 saturated carbocycles. The number of halogens is 2. The van der Waals surface area contributed by atoms with Crippen molar-refractivity contribution in [1.29, 1.82) is 0 Å². The maximum atomic E-state index is 9.80. The van der Waals surface area contributed by atoms with E-state index in [4.69, 9.17) is 16.0 Å². The van der Waals surface area contributed by atoms with Crippen molar-refractivity contribution in [3.63, 3.8) is 0 Å². The highest BCUT2D eigenvalue weighted by Gasteiger charge is 2.21. The van der Waals surface area contributed by atoms with Gasteiger partial charge in [-0.15, -0.1) is 0 Å². The summed E-state index contributed by atoms with van der Waals surface area (Å²) in [4.78, 5) is 0. The van der Waals surface area contributed by atoms with Crippen LogP contribution in [0.25, 0.3) is 11.0 Å². The van der Waals surface area contributed by atoms with E-state index in [1.807, 2.05) is 6.07 Å². The lowest BCUT2D eigenvalue weighted by atomic mass is 10.1. The van der Waals surface area contributed by atoms with Crippen LogP contribution in [0.4, 0.5) is 0 Å². The summed E-state index contributed by atoms with van der Waals surface area (Å²) < 4.78 is 6.41. The van der Waals surface area contributed by atoms with Crippen molar-refractivity contribution < 1.29 is 9.52 Å². The van der Waals surface area contributed by atoms with Gasteiger partial charge in [-0.05, 0) is 32.0 Å². The summed E-state index contributed by atoms with van der Waals surface area (Å²) in [5.41, 5.74) is -0.383. The zero-order chi connectivity index (χ0) is 11.2. The Morgan fingerprint density at radius 1 is 1.33 bits per heavy atom. The molecule has 80 valence electrons. The molecule has 2 aromatic rings. The Hall–Kier alpha value is -0.510. The van der Waals surface area contributed by atoms with Crippen LogP contribution in [0.3, 0.4) is 0 Å². The number of benzene rings is 1. The SMILES string of the molecule is CC(C)(O)c1cc2cc(Br)cc(Cl)c2o1. The van der Waals surface area contributed by atoms with Crippen LogP contribution in [-0.4, -0.2) is 5.11 Å². The van der Waals surface area contributed by atoms with Crippen molar-refractivity contribution in [2.24, 2.45) is 0 Å². The monoisotopic (exact) mass is 288 g/mol. The zero-order valence-electron chi connectivity index (χ0n) is 8.34. The second kappa shape index (κ2) is 3.51. The lowest BCUT2D eigenvalue weighted by molar-refractivity contribution is 0.0559. The van der Waals surface area contributed by atoms with E-state index < -0.39 is 5.60 Å². The highest BCUT2D eigenvalue weighted by molar-refractivity contribution is 9.10. The molecule has 2 nitrogen and oxygen atoms in total. The molecule has 0 spiro atoms. The summed E-state index contributed by atoms with van der Waals surface area (Å²) in [6.45, 7) is 3.35. The maximum Gasteiger partial charge on any atom is 0.153 e. The van der Waals surface area contributed by atoms with E-state index in [1.165, 1.54) is 0 Å². The number of hydrogen-bond acceptors (Lipinski definition) is 2. The molecular formula is C11H10BrClO2. The van der Waals surface area contributed by atoms with Gasteiger partial charge in [0.15, 0.2) is 5.58 Å². The predicted octanol–water partition coefficient (Wildman–Crippen LogP) is 4.08. The van der Waals surface area contributed by atoms with E-state index in [0.717, 1.165) is 9.86 Å². The van der Waals surface area contributed by atoms with Crippen LogP contribution in [0.2, 0.25) is 5.02 Å². The standard InChI is InChI=1S/C11H10BrClO2/c1-11(2,14)9-4-6-3-7(12)5-8(13)10(6)15-9/h3-5,14H,1-2H3. The Labute approximate surface area is 101 Å². The first-order valence-corrected chi connectivity index (χ1v) is 5.66. The van der Waals surface area contributed by atoms with Crippen LogP contribution in [0.1, 0.15) is 19.6 Å². The summed E-state index contributed by atoms with van der Waals surface area (Å²) in [5.74, 6) is 0.512. The van der Waals surface area contributed by atoms with Gasteiger partial charge in [-0.2, -0.15) is 0 Å². The van der Waals surface area contributed by atoms with Gasteiger partial charge < -0.3 is 9.52 Å². The lowest BCUT2D eigenvalue weighted by Crippen LogP contribution is -2.13. The Kier molecular flexibility index (Phi) is 2.57. The number of hydrogen-bond donors (Lipinski definition) is 1. The van der Waals surface area contributed by atoms with Gasteiger partial charge in [0.2, 0.25) is 0 Å². The molecule has 0 radical (unpaired) electrons. The Morgan fingerprint density at radius 2 is 2.00 bits per heavy atom. The third kappa shape index (κ3) is 2.05. The first-order valence-electron chi connectivity index (χ1n) is 4.49. The van der Waals surface area contributed by atoms with Crippen LogP contribution in [0.15, 0.2) is 27.1 Å². The number of rotatable bonds is 1. The summed E-state index contributed by atoms with van der Waals surface area (Å²) in [6, 6.07) is 5.47. The molecule has 1 aromatic heterocycles. The van der Waals surface area contributed by atoms with Gasteiger partial charge in [0.25, 0.3) is 0 Å². The predicted molar refractivity (Wildman–Crippen MR) is 64.2 cm³/mol. The highest BCUT2D eigenvalue weighted by atomic mass is 79.9.